The van der Waals surface area contributed by atoms with Crippen molar-refractivity contribution in [2.24, 2.45) is 5.92 Å². The molecular weight excluding hydrogens is 251 g/mol. The predicted octanol–water partition coefficient (Wildman–Crippen LogP) is 3.48. The Balaban J connectivity index is 2.68. The molecule has 0 spiro atoms. The monoisotopic (exact) mass is 258 g/mol. The molecule has 1 aliphatic carbocycles. The first-order valence-corrected chi connectivity index (χ1v) is 5.29. The van der Waals surface area contributed by atoms with E-state index in [2.05, 4.69) is 15.9 Å². The molecule has 1 aromatic carbocycles. The second kappa shape index (κ2) is 3.10. The van der Waals surface area contributed by atoms with Crippen LogP contribution in [0, 0.1) is 5.92 Å². The van der Waals surface area contributed by atoms with Gasteiger partial charge in [-0.15, -0.1) is 0 Å². The highest BCUT2D eigenvalue weighted by molar-refractivity contribution is 9.10. The van der Waals surface area contributed by atoms with Crippen molar-refractivity contribution in [3.05, 3.63) is 32.8 Å². The van der Waals surface area contributed by atoms with Crippen molar-refractivity contribution in [3.8, 4) is 0 Å². The second-order valence-corrected chi connectivity index (χ2v) is 4.61. The molecule has 0 aliphatic heterocycles. The van der Waals surface area contributed by atoms with Gasteiger partial charge < -0.3 is 0 Å². The van der Waals surface area contributed by atoms with Crippen LogP contribution in [0.15, 0.2) is 16.6 Å². The molecule has 1 atom stereocenters. The summed E-state index contributed by atoms with van der Waals surface area (Å²) in [4.78, 5) is 11.7. The smallest absolute Gasteiger partial charge is 0.167 e. The summed E-state index contributed by atoms with van der Waals surface area (Å²) < 4.78 is 0.990. The minimum Gasteiger partial charge on any atom is -0.294 e. The van der Waals surface area contributed by atoms with Gasteiger partial charge in [0, 0.05) is 16.0 Å². The van der Waals surface area contributed by atoms with Gasteiger partial charge in [0.15, 0.2) is 5.78 Å². The molecule has 0 fully saturated rings. The van der Waals surface area contributed by atoms with Crippen molar-refractivity contribution in [2.75, 3.05) is 0 Å². The van der Waals surface area contributed by atoms with Crippen LogP contribution in [0.25, 0.3) is 0 Å². The summed E-state index contributed by atoms with van der Waals surface area (Å²) in [5.74, 6) is 0.243. The molecule has 3 heteroatoms. The van der Waals surface area contributed by atoms with Crippen molar-refractivity contribution < 1.29 is 4.79 Å². The van der Waals surface area contributed by atoms with Crippen LogP contribution < -0.4 is 0 Å². The highest BCUT2D eigenvalue weighted by Gasteiger charge is 2.30. The maximum Gasteiger partial charge on any atom is 0.167 e. The number of benzene rings is 1. The minimum atomic E-state index is 0.0752. The highest BCUT2D eigenvalue weighted by Crippen LogP contribution is 2.36. The van der Waals surface area contributed by atoms with Crippen LogP contribution in [0.5, 0.6) is 0 Å². The van der Waals surface area contributed by atoms with Gasteiger partial charge in [0.2, 0.25) is 0 Å². The minimum absolute atomic E-state index is 0.0752. The molecule has 0 radical (unpaired) electrons. The van der Waals surface area contributed by atoms with Crippen LogP contribution in [-0.4, -0.2) is 5.78 Å². The zero-order chi connectivity index (χ0) is 9.59. The number of ketones is 1. The summed E-state index contributed by atoms with van der Waals surface area (Å²) in [5, 5.41) is 0.576. The maximum absolute atomic E-state index is 11.7. The average molecular weight is 260 g/mol. The molecule has 0 aromatic heterocycles. The van der Waals surface area contributed by atoms with Gasteiger partial charge in [-0.05, 0) is 24.1 Å². The zero-order valence-corrected chi connectivity index (χ0v) is 9.45. The molecule has 13 heavy (non-hydrogen) atoms. The number of hydrogen-bond acceptors (Lipinski definition) is 1. The number of rotatable bonds is 0. The topological polar surface area (TPSA) is 17.1 Å². The third kappa shape index (κ3) is 1.32. The Hall–Kier alpha value is -0.340. The molecule has 1 aromatic rings. The quantitative estimate of drug-likeness (QED) is 0.697. The second-order valence-electron chi connectivity index (χ2n) is 3.35. The van der Waals surface area contributed by atoms with Crippen LogP contribution in [0.4, 0.5) is 0 Å². The largest absolute Gasteiger partial charge is 0.294 e. The van der Waals surface area contributed by atoms with Gasteiger partial charge in [-0.3, -0.25) is 4.79 Å². The Bertz CT molecular complexity index is 387. The van der Waals surface area contributed by atoms with E-state index in [1.807, 2.05) is 13.0 Å². The van der Waals surface area contributed by atoms with Crippen LogP contribution in [-0.2, 0) is 6.42 Å². The van der Waals surface area contributed by atoms with Gasteiger partial charge in [-0.2, -0.15) is 0 Å². The van der Waals surface area contributed by atoms with Crippen molar-refractivity contribution >= 4 is 33.3 Å². The molecule has 68 valence electrons. The number of fused-ring (bicyclic) bond motifs is 1. The normalized spacial score (nSPS) is 20.5. The highest BCUT2D eigenvalue weighted by atomic mass is 79.9. The number of carbonyl (C=O) groups excluding carboxylic acids is 1. The van der Waals surface area contributed by atoms with Crippen molar-refractivity contribution in [1.29, 1.82) is 0 Å². The number of hydrogen-bond donors (Lipinski definition) is 0. The van der Waals surface area contributed by atoms with E-state index in [0.717, 1.165) is 16.5 Å². The third-order valence-electron chi connectivity index (χ3n) is 2.41. The molecule has 2 rings (SSSR count). The molecule has 0 heterocycles. The lowest BCUT2D eigenvalue weighted by molar-refractivity contribution is 0.0946. The maximum atomic E-state index is 11.7. The van der Waals surface area contributed by atoms with Crippen LogP contribution >= 0.6 is 27.5 Å². The number of carbonyl (C=O) groups is 1. The summed E-state index contributed by atoms with van der Waals surface area (Å²) in [5.41, 5.74) is 1.77. The van der Waals surface area contributed by atoms with E-state index in [1.165, 1.54) is 0 Å². The fourth-order valence-corrected chi connectivity index (χ4v) is 2.47. The molecule has 0 bridgehead atoms. The molecular formula is C10H8BrClO. The summed E-state index contributed by atoms with van der Waals surface area (Å²) in [6.07, 6.45) is 0.801. The standard InChI is InChI=1S/C10H8BrClO/c1-5-4-6-7(11)2-3-8(12)9(6)10(5)13/h2-3,5H,4H2,1H3. The lowest BCUT2D eigenvalue weighted by atomic mass is 10.1. The first kappa shape index (κ1) is 9.22. The molecule has 1 unspecified atom stereocenters. The number of Topliss-reactive ketones (excluding diaryl/α,β-unsaturated/α-hetero) is 1. The Morgan fingerprint density at radius 2 is 2.23 bits per heavy atom. The van der Waals surface area contributed by atoms with Gasteiger partial charge in [-0.1, -0.05) is 34.5 Å². The SMILES string of the molecule is CC1Cc2c(Br)ccc(Cl)c2C1=O. The molecule has 0 N–H and O–H groups in total. The first-order valence-electron chi connectivity index (χ1n) is 4.12. The Kier molecular flexibility index (Phi) is 2.20. The van der Waals surface area contributed by atoms with Gasteiger partial charge in [-0.25, -0.2) is 0 Å². The first-order chi connectivity index (χ1) is 6.11. The lowest BCUT2D eigenvalue weighted by Crippen LogP contribution is -2.03. The predicted molar refractivity (Wildman–Crippen MR) is 56.4 cm³/mol. The van der Waals surface area contributed by atoms with Crippen LogP contribution in [0.1, 0.15) is 22.8 Å². The van der Waals surface area contributed by atoms with Crippen molar-refractivity contribution in [3.63, 3.8) is 0 Å². The number of halogens is 2. The fourth-order valence-electron chi connectivity index (χ4n) is 1.71. The van der Waals surface area contributed by atoms with Crippen LogP contribution in [0.3, 0.4) is 0 Å². The van der Waals surface area contributed by atoms with E-state index in [9.17, 15) is 4.79 Å². The average Bonchev–Trinajstić information content (AvgIpc) is 2.38. The summed E-state index contributed by atoms with van der Waals surface area (Å²) in [6.45, 7) is 1.94. The molecule has 0 saturated heterocycles. The van der Waals surface area contributed by atoms with Crippen LogP contribution in [0.2, 0.25) is 5.02 Å². The fraction of sp³-hybridized carbons (Fsp3) is 0.300. The van der Waals surface area contributed by atoms with E-state index in [4.69, 9.17) is 11.6 Å². The van der Waals surface area contributed by atoms with E-state index in [1.54, 1.807) is 6.07 Å². The van der Waals surface area contributed by atoms with E-state index in [-0.39, 0.29) is 11.7 Å². The van der Waals surface area contributed by atoms with E-state index in [0.29, 0.717) is 10.6 Å². The zero-order valence-electron chi connectivity index (χ0n) is 7.10. The van der Waals surface area contributed by atoms with Gasteiger partial charge in [0.05, 0.1) is 5.02 Å². The van der Waals surface area contributed by atoms with Gasteiger partial charge in [0.25, 0.3) is 0 Å². The molecule has 1 nitrogen and oxygen atoms in total. The molecule has 1 aliphatic rings. The summed E-state index contributed by atoms with van der Waals surface area (Å²) in [7, 11) is 0. The summed E-state index contributed by atoms with van der Waals surface area (Å²) in [6, 6.07) is 3.66. The molecule has 0 amide bonds. The van der Waals surface area contributed by atoms with Gasteiger partial charge >= 0.3 is 0 Å². The van der Waals surface area contributed by atoms with E-state index >= 15 is 0 Å². The Morgan fingerprint density at radius 3 is 2.85 bits per heavy atom. The molecule has 0 saturated carbocycles. The lowest BCUT2D eigenvalue weighted by Gasteiger charge is -2.01. The Morgan fingerprint density at radius 1 is 1.54 bits per heavy atom. The van der Waals surface area contributed by atoms with E-state index < -0.39 is 0 Å². The van der Waals surface area contributed by atoms with Crippen molar-refractivity contribution in [2.45, 2.75) is 13.3 Å². The Labute approximate surface area is 90.2 Å². The van der Waals surface area contributed by atoms with Crippen molar-refractivity contribution in [1.82, 2.24) is 0 Å². The third-order valence-corrected chi connectivity index (χ3v) is 3.47. The summed E-state index contributed by atoms with van der Waals surface area (Å²) >= 11 is 9.39. The van der Waals surface area contributed by atoms with Gasteiger partial charge in [0.1, 0.15) is 0 Å².